The van der Waals surface area contributed by atoms with Gasteiger partial charge in [-0.15, -0.1) is 0 Å². The Hall–Kier alpha value is -2.87. The molecule has 4 rings (SSSR count). The largest absolute Gasteiger partial charge is 0.493 e. The van der Waals surface area contributed by atoms with Gasteiger partial charge in [-0.3, -0.25) is 9.48 Å². The molecule has 1 saturated heterocycles. The van der Waals surface area contributed by atoms with E-state index in [1.807, 2.05) is 25.2 Å². The zero-order valence-electron chi connectivity index (χ0n) is 17.9. The number of carbonyl (C=O) groups is 1. The maximum absolute atomic E-state index is 12.6. The summed E-state index contributed by atoms with van der Waals surface area (Å²) in [7, 11) is 1.86. The van der Waals surface area contributed by atoms with Gasteiger partial charge in [0.2, 0.25) is 0 Å². The monoisotopic (exact) mass is 454 g/mol. The molecule has 168 valence electrons. The zero-order chi connectivity index (χ0) is 22.5. The molecule has 2 aromatic carbocycles. The third kappa shape index (κ3) is 5.30. The highest BCUT2D eigenvalue weighted by Crippen LogP contribution is 2.33. The average molecular weight is 455 g/mol. The standard InChI is InChI=1S/C24H27ClN4O3/c1-29-21(9-12-27-29)20-14-19(6-7-22(20)32-13-10-16-8-11-26-15-16)28-24(31)23(30)17-2-4-18(25)5-3-17/h2-7,9,12,14,16,23,26,30H,8,10-11,13,15H2,1H3,(H,28,31). The summed E-state index contributed by atoms with van der Waals surface area (Å²) < 4.78 is 7.88. The summed E-state index contributed by atoms with van der Waals surface area (Å²) in [6.45, 7) is 2.73. The van der Waals surface area contributed by atoms with Crippen LogP contribution in [0.15, 0.2) is 54.7 Å². The summed E-state index contributed by atoms with van der Waals surface area (Å²) in [5.41, 5.74) is 2.73. The minimum absolute atomic E-state index is 0.472. The van der Waals surface area contributed by atoms with Crippen LogP contribution >= 0.6 is 11.6 Å². The minimum Gasteiger partial charge on any atom is -0.493 e. The van der Waals surface area contributed by atoms with E-state index in [0.29, 0.717) is 28.8 Å². The number of aromatic nitrogens is 2. The molecule has 0 aliphatic carbocycles. The summed E-state index contributed by atoms with van der Waals surface area (Å²) in [5.74, 6) is 0.851. The maximum atomic E-state index is 12.6. The Kier molecular flexibility index (Phi) is 7.09. The van der Waals surface area contributed by atoms with Crippen molar-refractivity contribution in [3.8, 4) is 17.0 Å². The molecule has 32 heavy (non-hydrogen) atoms. The normalized spacial score (nSPS) is 16.7. The fraction of sp³-hybridized carbons (Fsp3) is 0.333. The number of aliphatic hydroxyl groups excluding tert-OH is 1. The molecule has 1 fully saturated rings. The van der Waals surface area contributed by atoms with Gasteiger partial charge in [0.25, 0.3) is 5.91 Å². The van der Waals surface area contributed by atoms with E-state index >= 15 is 0 Å². The van der Waals surface area contributed by atoms with E-state index in [-0.39, 0.29) is 0 Å². The number of anilines is 1. The molecule has 1 aromatic heterocycles. The molecule has 1 amide bonds. The number of halogens is 1. The Bertz CT molecular complexity index is 1060. The first-order valence-electron chi connectivity index (χ1n) is 10.7. The van der Waals surface area contributed by atoms with Crippen molar-refractivity contribution >= 4 is 23.2 Å². The molecule has 2 heterocycles. The Balaban J connectivity index is 1.50. The first-order valence-corrected chi connectivity index (χ1v) is 11.1. The zero-order valence-corrected chi connectivity index (χ0v) is 18.7. The van der Waals surface area contributed by atoms with Crippen LogP contribution in [0.4, 0.5) is 5.69 Å². The predicted octanol–water partition coefficient (Wildman–Crippen LogP) is 3.79. The van der Waals surface area contributed by atoms with E-state index in [2.05, 4.69) is 15.7 Å². The molecule has 3 N–H and O–H groups in total. The number of nitrogens with one attached hydrogen (secondary N) is 2. The molecule has 1 aliphatic heterocycles. The van der Waals surface area contributed by atoms with Crippen molar-refractivity contribution in [3.63, 3.8) is 0 Å². The number of amides is 1. The maximum Gasteiger partial charge on any atom is 0.257 e. The SMILES string of the molecule is Cn1nccc1-c1cc(NC(=O)C(O)c2ccc(Cl)cc2)ccc1OCCC1CCNC1. The van der Waals surface area contributed by atoms with Gasteiger partial charge in [0.1, 0.15) is 5.75 Å². The number of carbonyl (C=O) groups excluding carboxylic acids is 1. The molecule has 2 atom stereocenters. The van der Waals surface area contributed by atoms with E-state index in [1.165, 1.54) is 6.42 Å². The predicted molar refractivity (Wildman–Crippen MR) is 125 cm³/mol. The van der Waals surface area contributed by atoms with Crippen LogP contribution in [0.1, 0.15) is 24.5 Å². The van der Waals surface area contributed by atoms with Crippen molar-refractivity contribution in [1.29, 1.82) is 0 Å². The number of hydrogen-bond acceptors (Lipinski definition) is 5. The number of hydrogen-bond donors (Lipinski definition) is 3. The molecule has 2 unspecified atom stereocenters. The number of aryl methyl sites for hydroxylation is 1. The van der Waals surface area contributed by atoms with Gasteiger partial charge >= 0.3 is 0 Å². The molecular formula is C24H27ClN4O3. The quantitative estimate of drug-likeness (QED) is 0.482. The van der Waals surface area contributed by atoms with Crippen molar-refractivity contribution in [2.75, 3.05) is 25.0 Å². The van der Waals surface area contributed by atoms with Gasteiger partial charge in [-0.25, -0.2) is 0 Å². The van der Waals surface area contributed by atoms with E-state index in [9.17, 15) is 9.90 Å². The first kappa shape index (κ1) is 22.3. The molecule has 8 heteroatoms. The van der Waals surface area contributed by atoms with Crippen LogP contribution in [-0.2, 0) is 11.8 Å². The van der Waals surface area contributed by atoms with Crippen LogP contribution < -0.4 is 15.4 Å². The summed E-state index contributed by atoms with van der Waals surface area (Å²) in [5, 5.41) is 21.4. The molecule has 1 aliphatic rings. The fourth-order valence-corrected chi connectivity index (χ4v) is 4.00. The summed E-state index contributed by atoms with van der Waals surface area (Å²) in [6, 6.07) is 13.9. The first-order chi connectivity index (χ1) is 15.5. The lowest BCUT2D eigenvalue weighted by atomic mass is 10.1. The Morgan fingerprint density at radius 2 is 2.12 bits per heavy atom. The van der Waals surface area contributed by atoms with Crippen LogP contribution in [0.2, 0.25) is 5.02 Å². The number of nitrogens with zero attached hydrogens (tertiary/aromatic N) is 2. The number of benzene rings is 2. The number of rotatable bonds is 8. The lowest BCUT2D eigenvalue weighted by Gasteiger charge is -2.16. The number of ether oxygens (including phenoxy) is 1. The van der Waals surface area contributed by atoms with Gasteiger partial charge in [-0.2, -0.15) is 5.10 Å². The van der Waals surface area contributed by atoms with Crippen LogP contribution in [0.25, 0.3) is 11.3 Å². The second-order valence-electron chi connectivity index (χ2n) is 7.99. The fourth-order valence-electron chi connectivity index (χ4n) is 3.88. The molecule has 0 bridgehead atoms. The smallest absolute Gasteiger partial charge is 0.257 e. The van der Waals surface area contributed by atoms with Crippen LogP contribution in [0.5, 0.6) is 5.75 Å². The van der Waals surface area contributed by atoms with Crippen molar-refractivity contribution in [2.24, 2.45) is 13.0 Å². The lowest BCUT2D eigenvalue weighted by Crippen LogP contribution is -2.20. The molecule has 3 aromatic rings. The van der Waals surface area contributed by atoms with Crippen LogP contribution in [0.3, 0.4) is 0 Å². The van der Waals surface area contributed by atoms with Crippen molar-refractivity contribution < 1.29 is 14.6 Å². The summed E-state index contributed by atoms with van der Waals surface area (Å²) in [6.07, 6.45) is 2.59. The van der Waals surface area contributed by atoms with Gasteiger partial charge in [0, 0.05) is 29.5 Å². The Morgan fingerprint density at radius 3 is 2.81 bits per heavy atom. The average Bonchev–Trinajstić information content (AvgIpc) is 3.46. The van der Waals surface area contributed by atoms with Gasteiger partial charge in [0.15, 0.2) is 6.10 Å². The lowest BCUT2D eigenvalue weighted by molar-refractivity contribution is -0.124. The second-order valence-corrected chi connectivity index (χ2v) is 8.43. The minimum atomic E-state index is -1.30. The third-order valence-corrected chi connectivity index (χ3v) is 5.98. The topological polar surface area (TPSA) is 88.4 Å². The summed E-state index contributed by atoms with van der Waals surface area (Å²) in [4.78, 5) is 12.6. The molecule has 0 saturated carbocycles. The van der Waals surface area contributed by atoms with Crippen LogP contribution in [0, 0.1) is 5.92 Å². The molecule has 7 nitrogen and oxygen atoms in total. The van der Waals surface area contributed by atoms with E-state index in [4.69, 9.17) is 16.3 Å². The van der Waals surface area contributed by atoms with Crippen molar-refractivity contribution in [3.05, 3.63) is 65.3 Å². The molecule has 0 radical (unpaired) electrons. The van der Waals surface area contributed by atoms with Crippen molar-refractivity contribution in [2.45, 2.75) is 18.9 Å². The Morgan fingerprint density at radius 1 is 1.31 bits per heavy atom. The highest BCUT2D eigenvalue weighted by atomic mass is 35.5. The van der Waals surface area contributed by atoms with Crippen LogP contribution in [-0.4, -0.2) is 40.5 Å². The molecule has 0 spiro atoms. The van der Waals surface area contributed by atoms with Gasteiger partial charge < -0.3 is 20.5 Å². The van der Waals surface area contributed by atoms with Gasteiger partial charge in [0.05, 0.1) is 12.3 Å². The van der Waals surface area contributed by atoms with Gasteiger partial charge in [-0.05, 0) is 73.8 Å². The number of aliphatic hydroxyl groups is 1. The summed E-state index contributed by atoms with van der Waals surface area (Å²) >= 11 is 5.89. The third-order valence-electron chi connectivity index (χ3n) is 5.72. The molecular weight excluding hydrogens is 428 g/mol. The Labute approximate surface area is 192 Å². The van der Waals surface area contributed by atoms with Crippen molar-refractivity contribution in [1.82, 2.24) is 15.1 Å². The van der Waals surface area contributed by atoms with E-state index in [0.717, 1.165) is 36.5 Å². The highest BCUT2D eigenvalue weighted by Gasteiger charge is 2.19. The van der Waals surface area contributed by atoms with Gasteiger partial charge in [-0.1, -0.05) is 23.7 Å². The second kappa shape index (κ2) is 10.2. The van der Waals surface area contributed by atoms with E-state index < -0.39 is 12.0 Å². The highest BCUT2D eigenvalue weighted by molar-refractivity contribution is 6.30. The van der Waals surface area contributed by atoms with E-state index in [1.54, 1.807) is 41.2 Å².